The summed E-state index contributed by atoms with van der Waals surface area (Å²) in [6.07, 6.45) is 1.87. The summed E-state index contributed by atoms with van der Waals surface area (Å²) in [7, 11) is -3.76. The van der Waals surface area contributed by atoms with Crippen molar-refractivity contribution < 1.29 is 22.7 Å². The van der Waals surface area contributed by atoms with Gasteiger partial charge in [-0.2, -0.15) is 4.31 Å². The number of amides is 2. The minimum absolute atomic E-state index is 0.0872. The predicted octanol–water partition coefficient (Wildman–Crippen LogP) is 1.83. The fourth-order valence-electron chi connectivity index (χ4n) is 3.94. The SMILES string of the molecule is Cc1cc2c(cc1S(=O)(=O)N1CCC(C(=O)NCc3ccccn3)CC1)O[C@H](C)C(=O)N2. The maximum Gasteiger partial charge on any atom is 0.265 e. The van der Waals surface area contributed by atoms with Crippen LogP contribution in [-0.4, -0.2) is 48.7 Å². The molecule has 0 bridgehead atoms. The number of hydrogen-bond acceptors (Lipinski definition) is 6. The molecule has 2 aliphatic heterocycles. The third-order valence-electron chi connectivity index (χ3n) is 5.82. The highest BCUT2D eigenvalue weighted by molar-refractivity contribution is 7.89. The fourth-order valence-corrected chi connectivity index (χ4v) is 5.63. The highest BCUT2D eigenvalue weighted by Crippen LogP contribution is 2.36. The standard InChI is InChI=1S/C22H26N4O5S/c1-14-11-18-19(31-15(2)21(27)25-18)12-20(14)32(29,30)26-9-6-16(7-10-26)22(28)24-13-17-5-3-4-8-23-17/h3-5,8,11-12,15-16H,6-7,9-10,13H2,1-2H3,(H,24,28)(H,25,27)/t15-/m1/s1. The first-order chi connectivity index (χ1) is 15.3. The number of benzene rings is 1. The molecule has 1 aromatic heterocycles. The molecule has 0 radical (unpaired) electrons. The molecule has 2 aliphatic rings. The van der Waals surface area contributed by atoms with Crippen molar-refractivity contribution >= 4 is 27.5 Å². The average Bonchev–Trinajstić information content (AvgIpc) is 2.79. The van der Waals surface area contributed by atoms with E-state index >= 15 is 0 Å². The van der Waals surface area contributed by atoms with Crippen LogP contribution in [0, 0.1) is 12.8 Å². The number of ether oxygens (including phenoxy) is 1. The van der Waals surface area contributed by atoms with Gasteiger partial charge >= 0.3 is 0 Å². The maximum atomic E-state index is 13.3. The molecule has 1 aromatic carbocycles. The predicted molar refractivity (Wildman–Crippen MR) is 117 cm³/mol. The zero-order chi connectivity index (χ0) is 22.9. The van der Waals surface area contributed by atoms with E-state index in [0.717, 1.165) is 5.69 Å². The van der Waals surface area contributed by atoms with Crippen LogP contribution in [0.2, 0.25) is 0 Å². The number of sulfonamides is 1. The van der Waals surface area contributed by atoms with Crippen molar-refractivity contribution in [2.24, 2.45) is 5.92 Å². The van der Waals surface area contributed by atoms with E-state index in [0.29, 0.717) is 36.4 Å². The minimum atomic E-state index is -3.76. The first kappa shape index (κ1) is 22.2. The number of aryl methyl sites for hydroxylation is 1. The lowest BCUT2D eigenvalue weighted by molar-refractivity contribution is -0.126. The van der Waals surface area contributed by atoms with E-state index in [9.17, 15) is 18.0 Å². The van der Waals surface area contributed by atoms with Crippen LogP contribution in [0.3, 0.4) is 0 Å². The molecule has 170 valence electrons. The molecule has 32 heavy (non-hydrogen) atoms. The molecule has 1 atom stereocenters. The summed E-state index contributed by atoms with van der Waals surface area (Å²) in [4.78, 5) is 28.7. The number of fused-ring (bicyclic) bond motifs is 1. The molecular weight excluding hydrogens is 432 g/mol. The Kier molecular flexibility index (Phi) is 6.16. The maximum absolute atomic E-state index is 13.3. The summed E-state index contributed by atoms with van der Waals surface area (Å²) in [5.41, 5.74) is 1.77. The van der Waals surface area contributed by atoms with Crippen molar-refractivity contribution in [2.75, 3.05) is 18.4 Å². The summed E-state index contributed by atoms with van der Waals surface area (Å²) in [6.45, 7) is 4.16. The zero-order valence-electron chi connectivity index (χ0n) is 18.0. The Balaban J connectivity index is 1.41. The van der Waals surface area contributed by atoms with Gasteiger partial charge in [-0.1, -0.05) is 6.07 Å². The summed E-state index contributed by atoms with van der Waals surface area (Å²) in [5.74, 6) is -0.258. The normalized spacial score (nSPS) is 19.6. The number of nitrogens with zero attached hydrogens (tertiary/aromatic N) is 2. The van der Waals surface area contributed by atoms with E-state index in [-0.39, 0.29) is 35.7 Å². The molecule has 2 N–H and O–H groups in total. The number of rotatable bonds is 5. The molecule has 1 saturated heterocycles. The Morgan fingerprint density at radius 3 is 2.72 bits per heavy atom. The molecular formula is C22H26N4O5S. The lowest BCUT2D eigenvalue weighted by Gasteiger charge is -2.31. The molecule has 9 nitrogen and oxygen atoms in total. The van der Waals surface area contributed by atoms with E-state index in [2.05, 4.69) is 15.6 Å². The van der Waals surface area contributed by atoms with Gasteiger partial charge in [-0.15, -0.1) is 0 Å². The molecule has 0 unspecified atom stereocenters. The Labute approximate surface area is 187 Å². The van der Waals surface area contributed by atoms with Crippen LogP contribution >= 0.6 is 0 Å². The molecule has 10 heteroatoms. The van der Waals surface area contributed by atoms with E-state index in [4.69, 9.17) is 4.74 Å². The second-order valence-electron chi connectivity index (χ2n) is 8.08. The van der Waals surface area contributed by atoms with E-state index in [1.54, 1.807) is 26.1 Å². The number of carbonyl (C=O) groups is 2. The molecule has 2 amide bonds. The first-order valence-electron chi connectivity index (χ1n) is 10.6. The average molecular weight is 459 g/mol. The minimum Gasteiger partial charge on any atom is -0.479 e. The first-order valence-corrected chi connectivity index (χ1v) is 12.0. The third kappa shape index (κ3) is 4.46. The van der Waals surface area contributed by atoms with Crippen molar-refractivity contribution in [3.8, 4) is 5.75 Å². The number of hydrogen-bond donors (Lipinski definition) is 2. The van der Waals surface area contributed by atoms with E-state index < -0.39 is 16.1 Å². The van der Waals surface area contributed by atoms with Crippen molar-refractivity contribution in [1.82, 2.24) is 14.6 Å². The highest BCUT2D eigenvalue weighted by Gasteiger charge is 2.34. The Morgan fingerprint density at radius 2 is 2.03 bits per heavy atom. The largest absolute Gasteiger partial charge is 0.479 e. The van der Waals surface area contributed by atoms with Crippen LogP contribution in [-0.2, 0) is 26.2 Å². The number of anilines is 1. The number of carbonyl (C=O) groups excluding carboxylic acids is 2. The van der Waals surface area contributed by atoms with Crippen molar-refractivity contribution in [3.05, 3.63) is 47.8 Å². The molecule has 0 spiro atoms. The van der Waals surface area contributed by atoms with Gasteiger partial charge in [0.15, 0.2) is 6.10 Å². The van der Waals surface area contributed by atoms with Gasteiger partial charge in [-0.3, -0.25) is 14.6 Å². The van der Waals surface area contributed by atoms with Gasteiger partial charge in [0, 0.05) is 31.3 Å². The number of piperidine rings is 1. The summed E-state index contributed by atoms with van der Waals surface area (Å²) < 4.78 is 33.6. The number of pyridine rings is 1. The van der Waals surface area contributed by atoms with Crippen molar-refractivity contribution in [1.29, 1.82) is 0 Å². The van der Waals surface area contributed by atoms with Gasteiger partial charge in [0.05, 0.1) is 22.8 Å². The molecule has 0 saturated carbocycles. The van der Waals surface area contributed by atoms with Gasteiger partial charge in [0.2, 0.25) is 15.9 Å². The van der Waals surface area contributed by atoms with Gasteiger partial charge in [-0.25, -0.2) is 8.42 Å². The number of nitrogens with one attached hydrogen (secondary N) is 2. The zero-order valence-corrected chi connectivity index (χ0v) is 18.8. The molecule has 2 aromatic rings. The van der Waals surface area contributed by atoms with Crippen LogP contribution in [0.15, 0.2) is 41.4 Å². The summed E-state index contributed by atoms with van der Waals surface area (Å²) >= 11 is 0. The second-order valence-corrected chi connectivity index (χ2v) is 9.99. The van der Waals surface area contributed by atoms with Crippen LogP contribution in [0.4, 0.5) is 5.69 Å². The summed E-state index contributed by atoms with van der Waals surface area (Å²) in [6, 6.07) is 8.60. The second kappa shape index (κ2) is 8.87. The Bertz CT molecular complexity index is 1130. The lowest BCUT2D eigenvalue weighted by atomic mass is 9.97. The summed E-state index contributed by atoms with van der Waals surface area (Å²) in [5, 5.41) is 5.61. The lowest BCUT2D eigenvalue weighted by Crippen LogP contribution is -2.43. The van der Waals surface area contributed by atoms with Crippen molar-refractivity contribution in [3.63, 3.8) is 0 Å². The van der Waals surface area contributed by atoms with Gasteiger partial charge in [0.1, 0.15) is 5.75 Å². The van der Waals surface area contributed by atoms with Gasteiger partial charge in [-0.05, 0) is 50.5 Å². The quantitative estimate of drug-likeness (QED) is 0.706. The van der Waals surface area contributed by atoms with Crippen LogP contribution < -0.4 is 15.4 Å². The topological polar surface area (TPSA) is 118 Å². The molecule has 4 rings (SSSR count). The van der Waals surface area contributed by atoms with Crippen LogP contribution in [0.5, 0.6) is 5.75 Å². The molecule has 0 aliphatic carbocycles. The van der Waals surface area contributed by atoms with Gasteiger partial charge in [0.25, 0.3) is 5.91 Å². The van der Waals surface area contributed by atoms with E-state index in [1.807, 2.05) is 18.2 Å². The Hall–Kier alpha value is -2.98. The number of aromatic nitrogens is 1. The highest BCUT2D eigenvalue weighted by atomic mass is 32.2. The molecule has 3 heterocycles. The smallest absolute Gasteiger partial charge is 0.265 e. The van der Waals surface area contributed by atoms with Crippen molar-refractivity contribution in [2.45, 2.75) is 44.2 Å². The third-order valence-corrected chi connectivity index (χ3v) is 7.86. The van der Waals surface area contributed by atoms with Crippen LogP contribution in [0.1, 0.15) is 31.0 Å². The molecule has 1 fully saturated rings. The van der Waals surface area contributed by atoms with E-state index in [1.165, 1.54) is 10.4 Å². The van der Waals surface area contributed by atoms with Gasteiger partial charge < -0.3 is 15.4 Å². The Morgan fingerprint density at radius 1 is 1.28 bits per heavy atom. The fraction of sp³-hybridized carbons (Fsp3) is 0.409. The monoisotopic (exact) mass is 458 g/mol. The van der Waals surface area contributed by atoms with Crippen LogP contribution in [0.25, 0.3) is 0 Å².